The molecule has 0 fully saturated rings. The Bertz CT molecular complexity index is 1750. The molecule has 54 heavy (non-hydrogen) atoms. The van der Waals surface area contributed by atoms with Gasteiger partial charge in [0.1, 0.15) is 24.2 Å². The minimum Gasteiger partial charge on any atom is -0.492 e. The van der Waals surface area contributed by atoms with E-state index in [0.717, 1.165) is 11.6 Å². The summed E-state index contributed by atoms with van der Waals surface area (Å²) in [5, 5.41) is 20.4. The number of carboxylic acids is 1. The Morgan fingerprint density at radius 2 is 1.52 bits per heavy atom. The van der Waals surface area contributed by atoms with Gasteiger partial charge >= 0.3 is 5.97 Å². The molecular formula is C41H54FN5O7. The first-order valence-electron chi connectivity index (χ1n) is 18.0. The van der Waals surface area contributed by atoms with Gasteiger partial charge in [-0.3, -0.25) is 24.0 Å². The van der Waals surface area contributed by atoms with Gasteiger partial charge < -0.3 is 36.0 Å². The summed E-state index contributed by atoms with van der Waals surface area (Å²) in [5.41, 5.74) is 1.05. The van der Waals surface area contributed by atoms with Crippen LogP contribution in [0.3, 0.4) is 0 Å². The molecule has 0 saturated carbocycles. The normalized spacial score (nSPS) is 12.0. The average Bonchev–Trinajstić information content (AvgIpc) is 3.09. The van der Waals surface area contributed by atoms with E-state index in [-0.39, 0.29) is 48.6 Å². The molecule has 3 aromatic rings. The molecule has 0 aliphatic carbocycles. The number of rotatable bonds is 19. The molecule has 0 bridgehead atoms. The third kappa shape index (κ3) is 14.6. The first-order valence-corrected chi connectivity index (χ1v) is 18.0. The predicted octanol–water partition coefficient (Wildman–Crippen LogP) is 5.42. The van der Waals surface area contributed by atoms with Gasteiger partial charge in [0.25, 0.3) is 11.8 Å². The second-order valence-electron chi connectivity index (χ2n) is 15.4. The number of likely N-dealkylation sites (N-methyl/N-ethyl adjacent to an activating group) is 2. The topological polar surface area (TPSA) is 166 Å². The number of nitrogens with one attached hydrogen (secondary N) is 4. The summed E-state index contributed by atoms with van der Waals surface area (Å²) in [7, 11) is 3.51. The van der Waals surface area contributed by atoms with Crippen LogP contribution in [-0.2, 0) is 27.3 Å². The Hall–Kier alpha value is -5.30. The van der Waals surface area contributed by atoms with Crippen LogP contribution in [0.5, 0.6) is 5.75 Å². The first kappa shape index (κ1) is 43.1. The monoisotopic (exact) mass is 747 g/mol. The number of carbonyl (C=O) groups is 5. The van der Waals surface area contributed by atoms with Crippen molar-refractivity contribution in [3.8, 4) is 5.75 Å². The number of hydrogen-bond acceptors (Lipinski definition) is 7. The summed E-state index contributed by atoms with van der Waals surface area (Å²) >= 11 is 0. The molecule has 0 radical (unpaired) electrons. The molecular weight excluding hydrogens is 693 g/mol. The van der Waals surface area contributed by atoms with E-state index < -0.39 is 35.1 Å². The molecule has 5 N–H and O–H groups in total. The highest BCUT2D eigenvalue weighted by Gasteiger charge is 2.29. The number of halogens is 1. The third-order valence-corrected chi connectivity index (χ3v) is 8.55. The minimum atomic E-state index is -0.991. The number of ether oxygens (including phenoxy) is 1. The minimum absolute atomic E-state index is 0.0410. The van der Waals surface area contributed by atoms with Gasteiger partial charge in [-0.15, -0.1) is 0 Å². The van der Waals surface area contributed by atoms with Crippen molar-refractivity contribution in [3.05, 3.63) is 94.8 Å². The van der Waals surface area contributed by atoms with Crippen LogP contribution in [0, 0.1) is 16.6 Å². The van der Waals surface area contributed by atoms with Crippen LogP contribution in [0.1, 0.15) is 85.7 Å². The van der Waals surface area contributed by atoms with E-state index in [4.69, 9.17) is 9.84 Å². The van der Waals surface area contributed by atoms with Crippen molar-refractivity contribution in [2.75, 3.05) is 39.1 Å². The second-order valence-corrected chi connectivity index (χ2v) is 15.4. The lowest BCUT2D eigenvalue weighted by molar-refractivity contribution is -0.140. The molecule has 12 nitrogen and oxygen atoms in total. The molecule has 0 saturated heterocycles. The van der Waals surface area contributed by atoms with E-state index in [1.54, 1.807) is 62.2 Å². The Kier molecular flexibility index (Phi) is 15.7. The van der Waals surface area contributed by atoms with E-state index in [2.05, 4.69) is 21.3 Å². The lowest BCUT2D eigenvalue weighted by atomic mass is 9.85. The maximum atomic E-state index is 15.0. The van der Waals surface area contributed by atoms with Crippen molar-refractivity contribution in [2.24, 2.45) is 10.8 Å². The number of carbonyl (C=O) groups excluding carboxylic acids is 4. The van der Waals surface area contributed by atoms with Crippen LogP contribution in [-0.4, -0.2) is 79.4 Å². The van der Waals surface area contributed by atoms with Gasteiger partial charge in [-0.2, -0.15) is 0 Å². The van der Waals surface area contributed by atoms with Crippen LogP contribution in [0.15, 0.2) is 66.7 Å². The quantitative estimate of drug-likeness (QED) is 0.102. The Morgan fingerprint density at radius 1 is 0.870 bits per heavy atom. The zero-order valence-corrected chi connectivity index (χ0v) is 32.3. The van der Waals surface area contributed by atoms with Crippen molar-refractivity contribution >= 4 is 35.3 Å². The van der Waals surface area contributed by atoms with Gasteiger partial charge in [-0.1, -0.05) is 52.8 Å². The molecule has 292 valence electrons. The maximum absolute atomic E-state index is 15.0. The molecule has 1 unspecified atom stereocenters. The molecule has 0 spiro atoms. The highest BCUT2D eigenvalue weighted by Crippen LogP contribution is 2.26. The molecule has 0 aliphatic rings. The largest absolute Gasteiger partial charge is 0.492 e. The number of benzene rings is 3. The Labute approximate surface area is 317 Å². The van der Waals surface area contributed by atoms with Gasteiger partial charge in [-0.05, 0) is 90.4 Å². The van der Waals surface area contributed by atoms with Crippen LogP contribution in [0.25, 0.3) is 0 Å². The maximum Gasteiger partial charge on any atom is 0.303 e. The fraction of sp³-hybridized carbons (Fsp3) is 0.439. The Morgan fingerprint density at radius 3 is 2.13 bits per heavy atom. The van der Waals surface area contributed by atoms with E-state index in [9.17, 15) is 28.4 Å². The van der Waals surface area contributed by atoms with Gasteiger partial charge in [0.15, 0.2) is 0 Å². The highest BCUT2D eigenvalue weighted by atomic mass is 19.1. The summed E-state index contributed by atoms with van der Waals surface area (Å²) < 4.78 is 20.6. The van der Waals surface area contributed by atoms with Crippen LogP contribution >= 0.6 is 0 Å². The van der Waals surface area contributed by atoms with Crippen LogP contribution < -0.4 is 26.0 Å². The number of amides is 4. The van der Waals surface area contributed by atoms with Crippen molar-refractivity contribution in [1.82, 2.24) is 20.9 Å². The summed E-state index contributed by atoms with van der Waals surface area (Å²) in [6.07, 6.45) is 0.833. The third-order valence-electron chi connectivity index (χ3n) is 8.55. The van der Waals surface area contributed by atoms with Crippen molar-refractivity contribution in [2.45, 2.75) is 72.9 Å². The predicted molar refractivity (Wildman–Crippen MR) is 206 cm³/mol. The lowest BCUT2D eigenvalue weighted by Gasteiger charge is -2.26. The summed E-state index contributed by atoms with van der Waals surface area (Å²) in [5.74, 6) is -2.80. The lowest BCUT2D eigenvalue weighted by Crippen LogP contribution is -2.46. The van der Waals surface area contributed by atoms with Gasteiger partial charge in [-0.25, -0.2) is 4.39 Å². The molecule has 1 atom stereocenters. The molecule has 0 aliphatic heterocycles. The van der Waals surface area contributed by atoms with Gasteiger partial charge in [0.05, 0.1) is 12.0 Å². The van der Waals surface area contributed by atoms with Gasteiger partial charge in [0, 0.05) is 44.4 Å². The number of anilines is 1. The molecule has 3 aromatic carbocycles. The van der Waals surface area contributed by atoms with Gasteiger partial charge in [0.2, 0.25) is 11.8 Å². The number of carboxylic acid groups (broad SMARTS) is 1. The SMILES string of the molecule is CNCCOc1ccc(C(=O)NCc2ccc(F)c(C(=O)NC(CC(C)(C)C)C(=O)Nc3ccc(CCN(C)C(=O)CC(C)(C)CC(=O)O)cc3)c2)cc1. The van der Waals surface area contributed by atoms with E-state index in [1.165, 1.54) is 12.1 Å². The smallest absolute Gasteiger partial charge is 0.303 e. The van der Waals surface area contributed by atoms with E-state index >= 15 is 0 Å². The molecule has 0 heterocycles. The zero-order valence-electron chi connectivity index (χ0n) is 32.3. The first-order chi connectivity index (χ1) is 25.4. The van der Waals surface area contributed by atoms with Crippen LogP contribution in [0.4, 0.5) is 10.1 Å². The molecule has 4 amide bonds. The number of aliphatic carboxylic acids is 1. The van der Waals surface area contributed by atoms with E-state index in [0.29, 0.717) is 48.7 Å². The van der Waals surface area contributed by atoms with Crippen LogP contribution in [0.2, 0.25) is 0 Å². The number of hydrogen-bond donors (Lipinski definition) is 5. The van der Waals surface area contributed by atoms with Crippen molar-refractivity contribution in [3.63, 3.8) is 0 Å². The van der Waals surface area contributed by atoms with E-state index in [1.807, 2.05) is 40.0 Å². The summed E-state index contributed by atoms with van der Waals surface area (Å²) in [6.45, 7) is 10.9. The summed E-state index contributed by atoms with van der Waals surface area (Å²) in [4.78, 5) is 65.0. The average molecular weight is 748 g/mol. The van der Waals surface area contributed by atoms with Crippen molar-refractivity contribution < 1.29 is 38.2 Å². The molecule has 0 aromatic heterocycles. The highest BCUT2D eigenvalue weighted by molar-refractivity contribution is 6.01. The summed E-state index contributed by atoms with van der Waals surface area (Å²) in [6, 6.07) is 16.8. The fourth-order valence-corrected chi connectivity index (χ4v) is 5.59. The fourth-order valence-electron chi connectivity index (χ4n) is 5.59. The Balaban J connectivity index is 1.60. The second kappa shape index (κ2) is 19.7. The standard InChI is InChI=1S/C41H54FN5O7/c1-40(2,3)23-34(39(53)45-30-13-8-27(9-14-30)18-20-47(7)35(48)24-41(4,5)25-36(49)50)46-38(52)32-22-28(10-17-33(32)42)26-44-37(51)29-11-15-31(16-12-29)54-21-19-43-6/h8-17,22,34,43H,18-21,23-26H2,1-7H3,(H,44,51)(H,45,53)(H,46,52)(H,49,50). The zero-order chi connectivity index (χ0) is 40.1. The van der Waals surface area contributed by atoms with Crippen molar-refractivity contribution in [1.29, 1.82) is 0 Å². The molecule has 13 heteroatoms. The number of nitrogens with zero attached hydrogens (tertiary/aromatic N) is 1. The molecule has 3 rings (SSSR count).